The zero-order valence-corrected chi connectivity index (χ0v) is 8.87. The number of hydrogen-bond donors (Lipinski definition) is 1. The third-order valence-electron chi connectivity index (χ3n) is 1.80. The summed E-state index contributed by atoms with van der Waals surface area (Å²) < 4.78 is 0.619. The molecule has 1 nitrogen and oxygen atoms in total. The van der Waals surface area contributed by atoms with Crippen molar-refractivity contribution in [2.24, 2.45) is 0 Å². The van der Waals surface area contributed by atoms with E-state index in [-0.39, 0.29) is 6.10 Å². The van der Waals surface area contributed by atoms with E-state index >= 15 is 0 Å². The third kappa shape index (κ3) is 3.87. The van der Waals surface area contributed by atoms with Crippen molar-refractivity contribution in [3.8, 4) is 0 Å². The lowest BCUT2D eigenvalue weighted by Gasteiger charge is -2.22. The standard InChI is InChI=1S/C9H16OS2/c1-2-4-8(10)7-9-11-5-3-6-12-9/h2,8-10H,1,3-7H2/t8-/m1/s1. The molecule has 1 N–H and O–H groups in total. The molecule has 0 aromatic rings. The summed E-state index contributed by atoms with van der Waals surface area (Å²) in [5.41, 5.74) is 0. The van der Waals surface area contributed by atoms with E-state index in [0.717, 1.165) is 12.8 Å². The lowest BCUT2D eigenvalue weighted by molar-refractivity contribution is 0.173. The van der Waals surface area contributed by atoms with E-state index < -0.39 is 0 Å². The van der Waals surface area contributed by atoms with Gasteiger partial charge in [-0.1, -0.05) is 6.08 Å². The highest BCUT2D eigenvalue weighted by Crippen LogP contribution is 2.33. The van der Waals surface area contributed by atoms with E-state index in [0.29, 0.717) is 4.58 Å². The van der Waals surface area contributed by atoms with Crippen LogP contribution >= 0.6 is 23.5 Å². The molecule has 0 amide bonds. The number of aliphatic hydroxyl groups excluding tert-OH is 1. The van der Waals surface area contributed by atoms with Crippen molar-refractivity contribution >= 4 is 23.5 Å². The van der Waals surface area contributed by atoms with Crippen LogP contribution in [0.15, 0.2) is 12.7 Å². The zero-order valence-electron chi connectivity index (χ0n) is 7.24. The van der Waals surface area contributed by atoms with Crippen molar-refractivity contribution in [3.05, 3.63) is 12.7 Å². The van der Waals surface area contributed by atoms with Crippen molar-refractivity contribution < 1.29 is 5.11 Å². The fourth-order valence-electron chi connectivity index (χ4n) is 1.18. The molecule has 1 aliphatic rings. The lowest BCUT2D eigenvalue weighted by atomic mass is 10.2. The summed E-state index contributed by atoms with van der Waals surface area (Å²) in [6, 6.07) is 0. The predicted octanol–water partition coefficient (Wildman–Crippen LogP) is 2.51. The Morgan fingerprint density at radius 3 is 2.75 bits per heavy atom. The van der Waals surface area contributed by atoms with Gasteiger partial charge in [0.05, 0.1) is 10.7 Å². The highest BCUT2D eigenvalue weighted by atomic mass is 32.2. The van der Waals surface area contributed by atoms with Gasteiger partial charge < -0.3 is 5.11 Å². The maximum absolute atomic E-state index is 9.50. The fourth-order valence-corrected chi connectivity index (χ4v) is 4.19. The van der Waals surface area contributed by atoms with Gasteiger partial charge in [-0.05, 0) is 30.8 Å². The molecule has 3 heteroatoms. The third-order valence-corrected chi connectivity index (χ3v) is 4.79. The van der Waals surface area contributed by atoms with Gasteiger partial charge in [-0.2, -0.15) is 0 Å². The van der Waals surface area contributed by atoms with Crippen LogP contribution in [0.5, 0.6) is 0 Å². The average molecular weight is 204 g/mol. The molecule has 0 radical (unpaired) electrons. The summed E-state index contributed by atoms with van der Waals surface area (Å²) in [4.78, 5) is 0. The Bertz CT molecular complexity index is 132. The Kier molecular flexibility index (Phi) is 5.19. The summed E-state index contributed by atoms with van der Waals surface area (Å²) in [5.74, 6) is 2.52. The highest BCUT2D eigenvalue weighted by molar-refractivity contribution is 8.17. The number of aliphatic hydroxyl groups is 1. The van der Waals surface area contributed by atoms with E-state index in [1.54, 1.807) is 6.08 Å². The van der Waals surface area contributed by atoms with E-state index in [9.17, 15) is 5.11 Å². The first-order chi connectivity index (χ1) is 5.83. The van der Waals surface area contributed by atoms with Gasteiger partial charge >= 0.3 is 0 Å². The van der Waals surface area contributed by atoms with Crippen molar-refractivity contribution in [1.29, 1.82) is 0 Å². The van der Waals surface area contributed by atoms with Crippen LogP contribution in [-0.4, -0.2) is 27.3 Å². The van der Waals surface area contributed by atoms with E-state index in [1.807, 2.05) is 23.5 Å². The Morgan fingerprint density at radius 2 is 2.17 bits per heavy atom. The first-order valence-corrected chi connectivity index (χ1v) is 6.45. The van der Waals surface area contributed by atoms with Crippen LogP contribution in [0.4, 0.5) is 0 Å². The first-order valence-electron chi connectivity index (χ1n) is 4.35. The minimum absolute atomic E-state index is 0.175. The lowest BCUT2D eigenvalue weighted by Crippen LogP contribution is -2.15. The van der Waals surface area contributed by atoms with Gasteiger partial charge in [-0.3, -0.25) is 0 Å². The molecule has 0 bridgehead atoms. The maximum Gasteiger partial charge on any atom is 0.0593 e. The normalized spacial score (nSPS) is 22.1. The van der Waals surface area contributed by atoms with E-state index in [4.69, 9.17) is 0 Å². The van der Waals surface area contributed by atoms with Gasteiger partial charge in [-0.15, -0.1) is 30.1 Å². The fraction of sp³-hybridized carbons (Fsp3) is 0.778. The summed E-state index contributed by atoms with van der Waals surface area (Å²) in [6.45, 7) is 3.62. The summed E-state index contributed by atoms with van der Waals surface area (Å²) in [7, 11) is 0. The maximum atomic E-state index is 9.50. The molecule has 1 saturated heterocycles. The monoisotopic (exact) mass is 204 g/mol. The molecule has 0 unspecified atom stereocenters. The number of thioether (sulfide) groups is 2. The van der Waals surface area contributed by atoms with Crippen LogP contribution in [0.2, 0.25) is 0 Å². The summed E-state index contributed by atoms with van der Waals surface area (Å²) in [6.07, 6.45) is 4.59. The molecule has 0 saturated carbocycles. The van der Waals surface area contributed by atoms with Crippen molar-refractivity contribution in [2.45, 2.75) is 29.9 Å². The minimum atomic E-state index is -0.175. The smallest absolute Gasteiger partial charge is 0.0593 e. The van der Waals surface area contributed by atoms with E-state index in [2.05, 4.69) is 6.58 Å². The van der Waals surface area contributed by atoms with Gasteiger partial charge in [-0.25, -0.2) is 0 Å². The Hall–Kier alpha value is 0.400. The van der Waals surface area contributed by atoms with E-state index in [1.165, 1.54) is 17.9 Å². The van der Waals surface area contributed by atoms with Gasteiger partial charge in [0, 0.05) is 0 Å². The minimum Gasteiger partial charge on any atom is -0.393 e. The second kappa shape index (κ2) is 5.95. The van der Waals surface area contributed by atoms with Gasteiger partial charge in [0.1, 0.15) is 0 Å². The molecule has 1 heterocycles. The summed E-state index contributed by atoms with van der Waals surface area (Å²) in [5, 5.41) is 9.50. The van der Waals surface area contributed by atoms with Gasteiger partial charge in [0.25, 0.3) is 0 Å². The van der Waals surface area contributed by atoms with Crippen LogP contribution in [0.3, 0.4) is 0 Å². The second-order valence-corrected chi connectivity index (χ2v) is 5.86. The Balaban J connectivity index is 2.15. The van der Waals surface area contributed by atoms with Crippen molar-refractivity contribution in [1.82, 2.24) is 0 Å². The van der Waals surface area contributed by atoms with Crippen molar-refractivity contribution in [3.63, 3.8) is 0 Å². The zero-order chi connectivity index (χ0) is 8.81. The topological polar surface area (TPSA) is 20.2 Å². The molecule has 0 aromatic carbocycles. The van der Waals surface area contributed by atoms with Crippen LogP contribution in [0, 0.1) is 0 Å². The first kappa shape index (κ1) is 10.5. The van der Waals surface area contributed by atoms with Crippen molar-refractivity contribution in [2.75, 3.05) is 11.5 Å². The molecular formula is C9H16OS2. The second-order valence-electron chi connectivity index (χ2n) is 2.94. The molecule has 1 rings (SSSR count). The average Bonchev–Trinajstić information content (AvgIpc) is 2.06. The SMILES string of the molecule is C=CC[C@@H](O)CC1SCCCS1. The van der Waals surface area contributed by atoms with Gasteiger partial charge in [0.2, 0.25) is 0 Å². The molecule has 1 atom stereocenters. The molecule has 70 valence electrons. The van der Waals surface area contributed by atoms with Crippen LogP contribution < -0.4 is 0 Å². The van der Waals surface area contributed by atoms with Gasteiger partial charge in [0.15, 0.2) is 0 Å². The molecule has 0 spiro atoms. The Labute approximate surface area is 83.0 Å². The van der Waals surface area contributed by atoms with Crippen LogP contribution in [0.25, 0.3) is 0 Å². The molecule has 1 aliphatic heterocycles. The molecule has 12 heavy (non-hydrogen) atoms. The largest absolute Gasteiger partial charge is 0.393 e. The Morgan fingerprint density at radius 1 is 1.50 bits per heavy atom. The van der Waals surface area contributed by atoms with Crippen LogP contribution in [-0.2, 0) is 0 Å². The van der Waals surface area contributed by atoms with Crippen LogP contribution in [0.1, 0.15) is 19.3 Å². The number of rotatable bonds is 4. The number of hydrogen-bond acceptors (Lipinski definition) is 3. The predicted molar refractivity (Wildman–Crippen MR) is 58.8 cm³/mol. The summed E-state index contributed by atoms with van der Waals surface area (Å²) >= 11 is 3.97. The molecule has 0 aliphatic carbocycles. The quantitative estimate of drug-likeness (QED) is 0.711. The molecule has 0 aromatic heterocycles. The molecular weight excluding hydrogens is 188 g/mol. The highest BCUT2D eigenvalue weighted by Gasteiger charge is 2.17. The molecule has 1 fully saturated rings.